The number of carbonyl (C=O) groups is 4. The van der Waals surface area contributed by atoms with E-state index in [4.69, 9.17) is 15.9 Å². The molecular weight excluding hydrogens is 382 g/mol. The molecule has 8 N–H and O–H groups in total. The van der Waals surface area contributed by atoms with Crippen LogP contribution in [-0.4, -0.2) is 70.7 Å². The maximum absolute atomic E-state index is 12.1. The lowest BCUT2D eigenvalue weighted by Gasteiger charge is -2.13. The van der Waals surface area contributed by atoms with Gasteiger partial charge in [-0.3, -0.25) is 14.4 Å². The second kappa shape index (κ2) is 10.2. The largest absolute Gasteiger partial charge is 0.480 e. The highest BCUT2D eigenvalue weighted by atomic mass is 16.4. The minimum atomic E-state index is -1.46. The number of aromatic amines is 1. The number of fused-ring (bicyclic) bond motifs is 1. The Hall–Kier alpha value is -3.44. The first-order valence-corrected chi connectivity index (χ1v) is 8.79. The highest BCUT2D eigenvalue weighted by molar-refractivity contribution is 5.91. The van der Waals surface area contributed by atoms with Crippen molar-refractivity contribution in [1.29, 1.82) is 0 Å². The van der Waals surface area contributed by atoms with Crippen molar-refractivity contribution in [3.63, 3.8) is 0 Å². The van der Waals surface area contributed by atoms with E-state index in [2.05, 4.69) is 15.6 Å². The molecule has 0 bridgehead atoms. The number of carboxylic acids is 1. The molecule has 2 rings (SSSR count). The minimum absolute atomic E-state index is 0.275. The lowest BCUT2D eigenvalue weighted by atomic mass is 10.1. The van der Waals surface area contributed by atoms with Gasteiger partial charge in [0, 0.05) is 17.1 Å². The number of para-hydroxylation sites is 1. The van der Waals surface area contributed by atoms with Gasteiger partial charge in [0.1, 0.15) is 6.04 Å². The first kappa shape index (κ1) is 21.9. The molecule has 0 saturated carbocycles. The molecule has 2 aromatic rings. The number of carbonyl (C=O) groups excluding carboxylic acids is 3. The maximum atomic E-state index is 12.1. The van der Waals surface area contributed by atoms with Crippen molar-refractivity contribution in [2.24, 2.45) is 5.73 Å². The summed E-state index contributed by atoms with van der Waals surface area (Å²) in [6, 6.07) is 5.26. The maximum Gasteiger partial charge on any atom is 0.328 e. The smallest absolute Gasteiger partial charge is 0.328 e. The van der Waals surface area contributed by atoms with E-state index in [0.717, 1.165) is 16.5 Å². The van der Waals surface area contributed by atoms with Crippen LogP contribution in [0.3, 0.4) is 0 Å². The predicted octanol–water partition coefficient (Wildman–Crippen LogP) is -2.17. The first-order chi connectivity index (χ1) is 13.8. The molecule has 1 aromatic heterocycles. The molecule has 1 aromatic carbocycles. The van der Waals surface area contributed by atoms with Crippen molar-refractivity contribution in [2.75, 3.05) is 19.7 Å². The SMILES string of the molecule is NC(Cc1c[nH]c2ccccc12)C(=O)NCC(=O)NCC(=O)NC(CO)C(=O)O. The third kappa shape index (κ3) is 6.30. The molecule has 11 heteroatoms. The summed E-state index contributed by atoms with van der Waals surface area (Å²) in [4.78, 5) is 49.2. The van der Waals surface area contributed by atoms with Gasteiger partial charge in [0.25, 0.3) is 0 Å². The lowest BCUT2D eigenvalue weighted by Crippen LogP contribution is -2.49. The molecule has 0 saturated heterocycles. The Morgan fingerprint density at radius 1 is 1.07 bits per heavy atom. The third-order valence-electron chi connectivity index (χ3n) is 4.14. The summed E-state index contributed by atoms with van der Waals surface area (Å²) < 4.78 is 0. The number of carboxylic acid groups (broad SMARTS) is 1. The molecule has 3 amide bonds. The molecule has 0 aliphatic carbocycles. The summed E-state index contributed by atoms with van der Waals surface area (Å²) in [6.45, 7) is -1.67. The van der Waals surface area contributed by atoms with E-state index in [0.29, 0.717) is 0 Å². The molecule has 1 heterocycles. The molecular formula is C18H23N5O6. The number of benzene rings is 1. The minimum Gasteiger partial charge on any atom is -0.480 e. The Morgan fingerprint density at radius 3 is 2.45 bits per heavy atom. The van der Waals surface area contributed by atoms with Crippen LogP contribution in [0, 0.1) is 0 Å². The van der Waals surface area contributed by atoms with Crippen LogP contribution in [0.5, 0.6) is 0 Å². The van der Waals surface area contributed by atoms with Crippen molar-refractivity contribution in [2.45, 2.75) is 18.5 Å². The highest BCUT2D eigenvalue weighted by Gasteiger charge is 2.20. The lowest BCUT2D eigenvalue weighted by molar-refractivity contribution is -0.142. The molecule has 0 spiro atoms. The number of aliphatic carboxylic acids is 1. The quantitative estimate of drug-likeness (QED) is 0.234. The fourth-order valence-corrected chi connectivity index (χ4v) is 2.60. The summed E-state index contributed by atoms with van der Waals surface area (Å²) >= 11 is 0. The van der Waals surface area contributed by atoms with Crippen LogP contribution in [0.4, 0.5) is 0 Å². The number of aromatic nitrogens is 1. The molecule has 0 aliphatic rings. The van der Waals surface area contributed by atoms with E-state index in [1.165, 1.54) is 0 Å². The second-order valence-electron chi connectivity index (χ2n) is 6.31. The van der Waals surface area contributed by atoms with Crippen molar-refractivity contribution in [1.82, 2.24) is 20.9 Å². The summed E-state index contributed by atoms with van der Waals surface area (Å²) in [6.07, 6.45) is 2.05. The average molecular weight is 405 g/mol. The van der Waals surface area contributed by atoms with Crippen molar-refractivity contribution < 1.29 is 29.4 Å². The van der Waals surface area contributed by atoms with Crippen molar-refractivity contribution in [3.8, 4) is 0 Å². The topological polar surface area (TPSA) is 187 Å². The normalized spacial score (nSPS) is 12.8. The molecule has 0 aliphatic heterocycles. The van der Waals surface area contributed by atoms with E-state index < -0.39 is 55.5 Å². The van der Waals surface area contributed by atoms with Crippen molar-refractivity contribution >= 4 is 34.6 Å². The molecule has 0 radical (unpaired) electrons. The number of aliphatic hydroxyl groups is 1. The number of amides is 3. The Balaban J connectivity index is 1.74. The van der Waals surface area contributed by atoms with E-state index in [1.807, 2.05) is 29.6 Å². The van der Waals surface area contributed by atoms with Crippen LogP contribution in [0.25, 0.3) is 10.9 Å². The van der Waals surface area contributed by atoms with E-state index in [9.17, 15) is 19.2 Å². The molecule has 156 valence electrons. The molecule has 29 heavy (non-hydrogen) atoms. The van der Waals surface area contributed by atoms with Crippen molar-refractivity contribution in [3.05, 3.63) is 36.0 Å². The number of hydrogen-bond acceptors (Lipinski definition) is 6. The zero-order valence-electron chi connectivity index (χ0n) is 15.5. The van der Waals surface area contributed by atoms with E-state index in [-0.39, 0.29) is 6.42 Å². The van der Waals surface area contributed by atoms with Crippen LogP contribution in [0.1, 0.15) is 5.56 Å². The standard InChI is InChI=1S/C18H23N5O6/c19-12(5-10-6-20-13-4-2-1-3-11(10)13)17(27)22-7-15(25)21-8-16(26)23-14(9-24)18(28)29/h1-4,6,12,14,20,24H,5,7-9,19H2,(H,21,25)(H,22,27)(H,23,26)(H,28,29). The zero-order chi connectivity index (χ0) is 21.4. The van der Waals surface area contributed by atoms with Gasteiger partial charge in [-0.25, -0.2) is 4.79 Å². The number of rotatable bonds is 10. The van der Waals surface area contributed by atoms with Gasteiger partial charge in [0.2, 0.25) is 17.7 Å². The van der Waals surface area contributed by atoms with Crippen LogP contribution in [0.2, 0.25) is 0 Å². The van der Waals surface area contributed by atoms with Crippen LogP contribution < -0.4 is 21.7 Å². The van der Waals surface area contributed by atoms with E-state index in [1.54, 1.807) is 6.20 Å². The monoisotopic (exact) mass is 405 g/mol. The number of aliphatic hydroxyl groups excluding tert-OH is 1. The van der Waals surface area contributed by atoms with Gasteiger partial charge in [0.15, 0.2) is 0 Å². The van der Waals surface area contributed by atoms with Gasteiger partial charge in [-0.2, -0.15) is 0 Å². The van der Waals surface area contributed by atoms with E-state index >= 15 is 0 Å². The van der Waals surface area contributed by atoms with Crippen LogP contribution in [-0.2, 0) is 25.6 Å². The first-order valence-electron chi connectivity index (χ1n) is 8.79. The molecule has 2 atom stereocenters. The van der Waals surface area contributed by atoms with Gasteiger partial charge in [-0.05, 0) is 18.1 Å². The molecule has 2 unspecified atom stereocenters. The number of H-pyrrole nitrogens is 1. The molecule has 0 fully saturated rings. The predicted molar refractivity (Wildman–Crippen MR) is 103 cm³/mol. The second-order valence-corrected chi connectivity index (χ2v) is 6.31. The van der Waals surface area contributed by atoms with Crippen LogP contribution >= 0.6 is 0 Å². The summed E-state index contributed by atoms with van der Waals surface area (Å²) in [7, 11) is 0. The Kier molecular flexibility index (Phi) is 7.69. The Labute approximate surface area is 165 Å². The number of hydrogen-bond donors (Lipinski definition) is 7. The van der Waals surface area contributed by atoms with Gasteiger partial charge >= 0.3 is 5.97 Å². The van der Waals surface area contributed by atoms with Gasteiger partial charge in [-0.1, -0.05) is 18.2 Å². The van der Waals surface area contributed by atoms with Gasteiger partial charge < -0.3 is 36.9 Å². The summed E-state index contributed by atoms with van der Waals surface area (Å²) in [5, 5.41) is 25.2. The Morgan fingerprint density at radius 2 is 1.76 bits per heavy atom. The Bertz CT molecular complexity index is 896. The number of nitrogens with one attached hydrogen (secondary N) is 4. The van der Waals surface area contributed by atoms with Gasteiger partial charge in [-0.15, -0.1) is 0 Å². The fourth-order valence-electron chi connectivity index (χ4n) is 2.60. The van der Waals surface area contributed by atoms with Gasteiger partial charge in [0.05, 0.1) is 25.7 Å². The zero-order valence-corrected chi connectivity index (χ0v) is 15.5. The van der Waals surface area contributed by atoms with Crippen LogP contribution in [0.15, 0.2) is 30.5 Å². The summed E-state index contributed by atoms with van der Waals surface area (Å²) in [5.41, 5.74) is 7.71. The number of nitrogens with two attached hydrogens (primary N) is 1. The third-order valence-corrected chi connectivity index (χ3v) is 4.14. The molecule has 11 nitrogen and oxygen atoms in total. The summed E-state index contributed by atoms with van der Waals surface area (Å²) in [5.74, 6) is -3.37. The fraction of sp³-hybridized carbons (Fsp3) is 0.333. The highest BCUT2D eigenvalue weighted by Crippen LogP contribution is 2.18. The average Bonchev–Trinajstić information content (AvgIpc) is 3.11.